The summed E-state index contributed by atoms with van der Waals surface area (Å²) in [5.74, 6) is 0.649. The van der Waals surface area contributed by atoms with E-state index in [9.17, 15) is 4.21 Å². The molecule has 0 aliphatic carbocycles. The standard InChI is InChI=1S/C15H21NOS/c1-15(2,3)13-7-9-14(10-8-13)18(17)12-6-4-5-11-16/h7-10H,4-6,12H2,1-3H3. The average Bonchev–Trinajstić information content (AvgIpc) is 2.33. The monoisotopic (exact) mass is 263 g/mol. The van der Waals surface area contributed by atoms with Crippen molar-refractivity contribution in [3.05, 3.63) is 29.8 Å². The van der Waals surface area contributed by atoms with Gasteiger partial charge in [0.05, 0.1) is 16.9 Å². The SMILES string of the molecule is CC(C)(C)c1ccc(S(=O)CCCCC#N)cc1. The Bertz CT molecular complexity index is 437. The van der Waals surface area contributed by atoms with Crippen molar-refractivity contribution < 1.29 is 4.21 Å². The first kappa shape index (κ1) is 14.9. The van der Waals surface area contributed by atoms with Gasteiger partial charge in [-0.15, -0.1) is 0 Å². The summed E-state index contributed by atoms with van der Waals surface area (Å²) in [4.78, 5) is 0.889. The predicted molar refractivity (Wildman–Crippen MR) is 75.9 cm³/mol. The fraction of sp³-hybridized carbons (Fsp3) is 0.533. The fourth-order valence-corrected chi connectivity index (χ4v) is 2.80. The van der Waals surface area contributed by atoms with E-state index < -0.39 is 10.8 Å². The maximum Gasteiger partial charge on any atom is 0.0621 e. The van der Waals surface area contributed by atoms with Gasteiger partial charge in [-0.25, -0.2) is 0 Å². The van der Waals surface area contributed by atoms with E-state index in [1.165, 1.54) is 5.56 Å². The third-order valence-electron chi connectivity index (χ3n) is 2.85. The second-order valence-electron chi connectivity index (χ2n) is 5.44. The van der Waals surface area contributed by atoms with Gasteiger partial charge in [0.2, 0.25) is 0 Å². The van der Waals surface area contributed by atoms with Gasteiger partial charge in [0.25, 0.3) is 0 Å². The summed E-state index contributed by atoms with van der Waals surface area (Å²) >= 11 is 0. The molecule has 18 heavy (non-hydrogen) atoms. The highest BCUT2D eigenvalue weighted by Crippen LogP contribution is 2.23. The van der Waals surface area contributed by atoms with Crippen molar-refractivity contribution >= 4 is 10.8 Å². The zero-order valence-electron chi connectivity index (χ0n) is 11.4. The molecule has 0 spiro atoms. The van der Waals surface area contributed by atoms with Gasteiger partial charge < -0.3 is 0 Å². The van der Waals surface area contributed by atoms with Crippen molar-refractivity contribution in [1.82, 2.24) is 0 Å². The predicted octanol–water partition coefficient (Wildman–Crippen LogP) is 3.79. The van der Waals surface area contributed by atoms with E-state index in [0.29, 0.717) is 12.2 Å². The molecule has 0 bridgehead atoms. The molecule has 0 saturated heterocycles. The van der Waals surface area contributed by atoms with Gasteiger partial charge in [-0.3, -0.25) is 4.21 Å². The normalized spacial score (nSPS) is 13.0. The van der Waals surface area contributed by atoms with E-state index in [2.05, 4.69) is 39.0 Å². The molecular formula is C15H21NOS. The first-order chi connectivity index (χ1) is 8.45. The van der Waals surface area contributed by atoms with Crippen LogP contribution >= 0.6 is 0 Å². The Kier molecular flexibility index (Phi) is 5.55. The largest absolute Gasteiger partial charge is 0.254 e. The molecule has 1 unspecified atom stereocenters. The molecule has 1 atom stereocenters. The fourth-order valence-electron chi connectivity index (χ4n) is 1.66. The summed E-state index contributed by atoms with van der Waals surface area (Å²) in [6.45, 7) is 6.50. The third-order valence-corrected chi connectivity index (χ3v) is 4.31. The van der Waals surface area contributed by atoms with Crippen LogP contribution in [0, 0.1) is 11.3 Å². The summed E-state index contributed by atoms with van der Waals surface area (Å²) in [5, 5.41) is 8.43. The van der Waals surface area contributed by atoms with Crippen LogP contribution < -0.4 is 0 Å². The van der Waals surface area contributed by atoms with Crippen LogP contribution in [0.2, 0.25) is 0 Å². The lowest BCUT2D eigenvalue weighted by molar-refractivity contribution is 0.589. The zero-order chi connectivity index (χ0) is 13.6. The molecule has 0 radical (unpaired) electrons. The maximum atomic E-state index is 12.0. The van der Waals surface area contributed by atoms with Crippen molar-refractivity contribution in [2.75, 3.05) is 5.75 Å². The van der Waals surface area contributed by atoms with E-state index in [1.807, 2.05) is 12.1 Å². The minimum atomic E-state index is -0.931. The molecule has 0 fully saturated rings. The summed E-state index contributed by atoms with van der Waals surface area (Å²) in [6, 6.07) is 10.1. The molecule has 0 amide bonds. The van der Waals surface area contributed by atoms with Gasteiger partial charge in [0, 0.05) is 17.1 Å². The topological polar surface area (TPSA) is 40.9 Å². The molecule has 0 heterocycles. The second kappa shape index (κ2) is 6.70. The Hall–Kier alpha value is -1.14. The molecule has 2 nitrogen and oxygen atoms in total. The molecule has 0 saturated carbocycles. The molecule has 0 N–H and O–H groups in total. The summed E-state index contributed by atoms with van der Waals surface area (Å²) in [7, 11) is -0.931. The lowest BCUT2D eigenvalue weighted by atomic mass is 9.87. The quantitative estimate of drug-likeness (QED) is 0.758. The number of benzene rings is 1. The van der Waals surface area contributed by atoms with Crippen LogP contribution in [0.5, 0.6) is 0 Å². The van der Waals surface area contributed by atoms with E-state index in [1.54, 1.807) is 0 Å². The molecule has 1 rings (SSSR count). The minimum Gasteiger partial charge on any atom is -0.254 e. The summed E-state index contributed by atoms with van der Waals surface area (Å²) in [6.07, 6.45) is 2.24. The van der Waals surface area contributed by atoms with Gasteiger partial charge in [-0.05, 0) is 36.0 Å². The number of rotatable bonds is 5. The van der Waals surface area contributed by atoms with Crippen LogP contribution in [0.3, 0.4) is 0 Å². The number of nitrogens with zero attached hydrogens (tertiary/aromatic N) is 1. The molecule has 98 valence electrons. The Balaban J connectivity index is 2.57. The molecule has 0 aliphatic heterocycles. The number of unbranched alkanes of at least 4 members (excludes halogenated alkanes) is 2. The lowest BCUT2D eigenvalue weighted by Crippen LogP contribution is -2.11. The maximum absolute atomic E-state index is 12.0. The Morgan fingerprint density at radius 3 is 2.28 bits per heavy atom. The van der Waals surface area contributed by atoms with E-state index >= 15 is 0 Å². The van der Waals surface area contributed by atoms with Crippen molar-refractivity contribution in [2.45, 2.75) is 50.3 Å². The average molecular weight is 263 g/mol. The molecule has 0 aromatic heterocycles. The van der Waals surface area contributed by atoms with Crippen LogP contribution in [-0.4, -0.2) is 9.96 Å². The van der Waals surface area contributed by atoms with Gasteiger partial charge in [-0.1, -0.05) is 32.9 Å². The van der Waals surface area contributed by atoms with Crippen LogP contribution in [0.1, 0.15) is 45.6 Å². The van der Waals surface area contributed by atoms with E-state index in [-0.39, 0.29) is 5.41 Å². The smallest absolute Gasteiger partial charge is 0.0621 e. The number of nitriles is 1. The highest BCUT2D eigenvalue weighted by molar-refractivity contribution is 7.85. The highest BCUT2D eigenvalue weighted by atomic mass is 32.2. The molecule has 3 heteroatoms. The molecule has 1 aromatic rings. The Labute approximate surface area is 112 Å². The minimum absolute atomic E-state index is 0.132. The van der Waals surface area contributed by atoms with Crippen LogP contribution in [0.15, 0.2) is 29.2 Å². The lowest BCUT2D eigenvalue weighted by Gasteiger charge is -2.19. The van der Waals surface area contributed by atoms with Gasteiger partial charge >= 0.3 is 0 Å². The molecule has 1 aromatic carbocycles. The first-order valence-electron chi connectivity index (χ1n) is 6.31. The Morgan fingerprint density at radius 2 is 1.78 bits per heavy atom. The van der Waals surface area contributed by atoms with E-state index in [4.69, 9.17) is 5.26 Å². The number of hydrogen-bond donors (Lipinski definition) is 0. The Morgan fingerprint density at radius 1 is 1.17 bits per heavy atom. The van der Waals surface area contributed by atoms with Crippen molar-refractivity contribution in [3.63, 3.8) is 0 Å². The first-order valence-corrected chi connectivity index (χ1v) is 7.63. The van der Waals surface area contributed by atoms with Crippen LogP contribution in [0.4, 0.5) is 0 Å². The number of hydrogen-bond acceptors (Lipinski definition) is 2. The molecule has 0 aliphatic rings. The van der Waals surface area contributed by atoms with E-state index in [0.717, 1.165) is 17.7 Å². The zero-order valence-corrected chi connectivity index (χ0v) is 12.2. The third kappa shape index (κ3) is 4.62. The van der Waals surface area contributed by atoms with Crippen LogP contribution in [0.25, 0.3) is 0 Å². The highest BCUT2D eigenvalue weighted by Gasteiger charge is 2.13. The summed E-state index contributed by atoms with van der Waals surface area (Å²) in [5.41, 5.74) is 1.39. The van der Waals surface area contributed by atoms with Gasteiger partial charge in [-0.2, -0.15) is 5.26 Å². The van der Waals surface area contributed by atoms with Crippen molar-refractivity contribution in [3.8, 4) is 6.07 Å². The van der Waals surface area contributed by atoms with Crippen LogP contribution in [-0.2, 0) is 16.2 Å². The second-order valence-corrected chi connectivity index (χ2v) is 7.01. The van der Waals surface area contributed by atoms with Crippen molar-refractivity contribution in [2.24, 2.45) is 0 Å². The molecular weight excluding hydrogens is 242 g/mol. The van der Waals surface area contributed by atoms with Gasteiger partial charge in [0.1, 0.15) is 0 Å². The van der Waals surface area contributed by atoms with Crippen molar-refractivity contribution in [1.29, 1.82) is 5.26 Å². The summed E-state index contributed by atoms with van der Waals surface area (Å²) < 4.78 is 12.0. The van der Waals surface area contributed by atoms with Gasteiger partial charge in [0.15, 0.2) is 0 Å².